The number of benzene rings is 3. The zero-order valence-electron chi connectivity index (χ0n) is 17.7. The van der Waals surface area contributed by atoms with Gasteiger partial charge in [-0.2, -0.15) is 0 Å². The fourth-order valence-electron chi connectivity index (χ4n) is 2.93. The Hall–Kier alpha value is -3.76. The molecule has 0 spiro atoms. The van der Waals surface area contributed by atoms with Crippen LogP contribution in [0.2, 0.25) is 0 Å². The first-order valence-corrected chi connectivity index (χ1v) is 11.2. The third-order valence-electron chi connectivity index (χ3n) is 4.64. The summed E-state index contributed by atoms with van der Waals surface area (Å²) in [4.78, 5) is 25.5. The number of anilines is 1. The van der Waals surface area contributed by atoms with Gasteiger partial charge < -0.3 is 14.8 Å². The van der Waals surface area contributed by atoms with Gasteiger partial charge in [0.2, 0.25) is 16.1 Å². The maximum absolute atomic E-state index is 14.4. The third-order valence-corrected chi connectivity index (χ3v) is 6.05. The SMILES string of the molecule is CNS(=O)(=O)c1ccc(F)c(C(=O)OC(C(=O)Nc2cccc(OC)c2)c2ccccc2)c1. The molecule has 0 bridgehead atoms. The van der Waals surface area contributed by atoms with E-state index in [0.29, 0.717) is 17.0 Å². The Kier molecular flexibility index (Phi) is 7.41. The molecule has 33 heavy (non-hydrogen) atoms. The fraction of sp³-hybridized carbons (Fsp3) is 0.130. The standard InChI is InChI=1S/C23H21FN2O6S/c1-25-33(29,30)18-11-12-20(24)19(14-18)23(28)32-21(15-7-4-3-5-8-15)22(27)26-16-9-6-10-17(13-16)31-2/h3-14,21,25H,1-2H3,(H,26,27). The van der Waals surface area contributed by atoms with Crippen molar-refractivity contribution in [2.75, 3.05) is 19.5 Å². The summed E-state index contributed by atoms with van der Waals surface area (Å²) in [6.07, 6.45) is -1.44. The van der Waals surface area contributed by atoms with Gasteiger partial charge in [-0.3, -0.25) is 4.79 Å². The van der Waals surface area contributed by atoms with Crippen LogP contribution in [0.5, 0.6) is 5.75 Å². The van der Waals surface area contributed by atoms with E-state index in [2.05, 4.69) is 10.0 Å². The van der Waals surface area contributed by atoms with Crippen molar-refractivity contribution in [3.8, 4) is 5.75 Å². The Bertz CT molecular complexity index is 1260. The molecule has 0 aliphatic heterocycles. The van der Waals surface area contributed by atoms with Gasteiger partial charge in [0.15, 0.2) is 0 Å². The molecule has 172 valence electrons. The van der Waals surface area contributed by atoms with Crippen LogP contribution < -0.4 is 14.8 Å². The van der Waals surface area contributed by atoms with Crippen LogP contribution >= 0.6 is 0 Å². The van der Waals surface area contributed by atoms with Gasteiger partial charge in [-0.15, -0.1) is 0 Å². The van der Waals surface area contributed by atoms with Gasteiger partial charge in [0.1, 0.15) is 11.6 Å². The molecular weight excluding hydrogens is 451 g/mol. The van der Waals surface area contributed by atoms with Gasteiger partial charge in [0.05, 0.1) is 17.6 Å². The predicted octanol–water partition coefficient (Wildman–Crippen LogP) is 3.28. The summed E-state index contributed by atoms with van der Waals surface area (Å²) in [6.45, 7) is 0. The Morgan fingerprint density at radius 2 is 1.70 bits per heavy atom. The van der Waals surface area contributed by atoms with Crippen molar-refractivity contribution in [3.05, 3.63) is 89.7 Å². The van der Waals surface area contributed by atoms with Crippen molar-refractivity contribution in [2.24, 2.45) is 0 Å². The largest absolute Gasteiger partial charge is 0.497 e. The minimum Gasteiger partial charge on any atom is -0.497 e. The molecular formula is C23H21FN2O6S. The number of methoxy groups -OCH3 is 1. The van der Waals surface area contributed by atoms with Crippen LogP contribution in [0.25, 0.3) is 0 Å². The number of halogens is 1. The quantitative estimate of drug-likeness (QED) is 0.487. The van der Waals surface area contributed by atoms with Gasteiger partial charge in [0, 0.05) is 17.3 Å². The summed E-state index contributed by atoms with van der Waals surface area (Å²) in [6, 6.07) is 17.4. The van der Waals surface area contributed by atoms with Gasteiger partial charge in [0.25, 0.3) is 5.91 Å². The van der Waals surface area contributed by atoms with E-state index in [1.807, 2.05) is 0 Å². The predicted molar refractivity (Wildman–Crippen MR) is 119 cm³/mol. The van der Waals surface area contributed by atoms with Crippen molar-refractivity contribution in [3.63, 3.8) is 0 Å². The first-order chi connectivity index (χ1) is 15.7. The first-order valence-electron chi connectivity index (χ1n) is 9.69. The van der Waals surface area contributed by atoms with E-state index < -0.39 is 39.4 Å². The van der Waals surface area contributed by atoms with Crippen LogP contribution in [0.15, 0.2) is 77.7 Å². The molecule has 0 heterocycles. The van der Waals surface area contributed by atoms with Crippen LogP contribution in [-0.2, 0) is 19.6 Å². The molecule has 0 aliphatic carbocycles. The molecule has 0 saturated heterocycles. The highest BCUT2D eigenvalue weighted by atomic mass is 32.2. The lowest BCUT2D eigenvalue weighted by molar-refractivity contribution is -0.125. The molecule has 0 saturated carbocycles. The molecule has 1 amide bonds. The number of esters is 1. The number of sulfonamides is 1. The zero-order chi connectivity index (χ0) is 24.0. The molecule has 0 radical (unpaired) electrons. The Labute approximate surface area is 190 Å². The van der Waals surface area contributed by atoms with Crippen LogP contribution in [0.4, 0.5) is 10.1 Å². The monoisotopic (exact) mass is 472 g/mol. The third kappa shape index (κ3) is 5.73. The topological polar surface area (TPSA) is 111 Å². The molecule has 3 rings (SSSR count). The summed E-state index contributed by atoms with van der Waals surface area (Å²) in [7, 11) is -1.27. The molecule has 0 aromatic heterocycles. The number of rotatable bonds is 8. The maximum Gasteiger partial charge on any atom is 0.342 e. The smallest absolute Gasteiger partial charge is 0.342 e. The lowest BCUT2D eigenvalue weighted by atomic mass is 10.1. The average molecular weight is 472 g/mol. The van der Waals surface area contributed by atoms with E-state index >= 15 is 0 Å². The Morgan fingerprint density at radius 3 is 2.36 bits per heavy atom. The first kappa shape index (κ1) is 23.9. The molecule has 0 aliphatic rings. The van der Waals surface area contributed by atoms with Crippen molar-refractivity contribution < 1.29 is 31.9 Å². The van der Waals surface area contributed by atoms with E-state index in [1.165, 1.54) is 14.2 Å². The normalized spacial score (nSPS) is 12.0. The Balaban J connectivity index is 1.92. The second-order valence-corrected chi connectivity index (χ2v) is 8.65. The van der Waals surface area contributed by atoms with Crippen LogP contribution in [0.1, 0.15) is 22.0 Å². The lowest BCUT2D eigenvalue weighted by Crippen LogP contribution is -2.26. The fourth-order valence-corrected chi connectivity index (χ4v) is 3.68. The summed E-state index contributed by atoms with van der Waals surface area (Å²) >= 11 is 0. The highest BCUT2D eigenvalue weighted by Crippen LogP contribution is 2.25. The van der Waals surface area contributed by atoms with Crippen molar-refractivity contribution in [1.82, 2.24) is 4.72 Å². The number of carbonyl (C=O) groups is 2. The molecule has 10 heteroatoms. The minimum atomic E-state index is -3.93. The summed E-state index contributed by atoms with van der Waals surface area (Å²) in [5.74, 6) is -2.38. The van der Waals surface area contributed by atoms with Gasteiger partial charge in [-0.25, -0.2) is 22.3 Å². The van der Waals surface area contributed by atoms with E-state index in [0.717, 1.165) is 18.2 Å². The highest BCUT2D eigenvalue weighted by Gasteiger charge is 2.28. The molecule has 1 unspecified atom stereocenters. The molecule has 3 aromatic rings. The summed E-state index contributed by atoms with van der Waals surface area (Å²) in [5, 5.41) is 2.64. The number of carbonyl (C=O) groups excluding carboxylic acids is 2. The van der Waals surface area contributed by atoms with E-state index in [1.54, 1.807) is 54.6 Å². The van der Waals surface area contributed by atoms with Crippen molar-refractivity contribution in [1.29, 1.82) is 0 Å². The van der Waals surface area contributed by atoms with Crippen LogP contribution in [0, 0.1) is 5.82 Å². The molecule has 0 fully saturated rings. The van der Waals surface area contributed by atoms with E-state index in [4.69, 9.17) is 9.47 Å². The van der Waals surface area contributed by atoms with Crippen molar-refractivity contribution >= 4 is 27.6 Å². The minimum absolute atomic E-state index is 0.324. The molecule has 2 N–H and O–H groups in total. The van der Waals surface area contributed by atoms with Crippen molar-refractivity contribution in [2.45, 2.75) is 11.0 Å². The summed E-state index contributed by atoms with van der Waals surface area (Å²) < 4.78 is 51.0. The Morgan fingerprint density at radius 1 is 0.970 bits per heavy atom. The number of hydrogen-bond donors (Lipinski definition) is 2. The van der Waals surface area contributed by atoms with Crippen LogP contribution in [0.3, 0.4) is 0 Å². The molecule has 1 atom stereocenters. The number of nitrogens with one attached hydrogen (secondary N) is 2. The molecule has 8 nitrogen and oxygen atoms in total. The van der Waals surface area contributed by atoms with E-state index in [-0.39, 0.29) is 4.90 Å². The highest BCUT2D eigenvalue weighted by molar-refractivity contribution is 7.89. The van der Waals surface area contributed by atoms with Crippen LogP contribution in [-0.4, -0.2) is 34.5 Å². The number of amides is 1. The van der Waals surface area contributed by atoms with E-state index in [9.17, 15) is 22.4 Å². The number of hydrogen-bond acceptors (Lipinski definition) is 6. The van der Waals surface area contributed by atoms with Gasteiger partial charge in [-0.05, 0) is 37.4 Å². The van der Waals surface area contributed by atoms with Gasteiger partial charge in [-0.1, -0.05) is 36.4 Å². The maximum atomic E-state index is 14.4. The lowest BCUT2D eigenvalue weighted by Gasteiger charge is -2.19. The zero-order valence-corrected chi connectivity index (χ0v) is 18.6. The second-order valence-electron chi connectivity index (χ2n) is 6.77. The van der Waals surface area contributed by atoms with Gasteiger partial charge >= 0.3 is 5.97 Å². The second kappa shape index (κ2) is 10.2. The summed E-state index contributed by atoms with van der Waals surface area (Å²) in [5.41, 5.74) is 0.108. The molecule has 3 aromatic carbocycles. The number of ether oxygens (including phenoxy) is 2. The average Bonchev–Trinajstić information content (AvgIpc) is 2.83.